The van der Waals surface area contributed by atoms with Crippen molar-refractivity contribution in [2.75, 3.05) is 15.9 Å². The van der Waals surface area contributed by atoms with E-state index in [4.69, 9.17) is 23.2 Å². The van der Waals surface area contributed by atoms with Crippen LogP contribution in [0, 0.1) is 13.8 Å². The van der Waals surface area contributed by atoms with Crippen molar-refractivity contribution in [3.63, 3.8) is 0 Å². The summed E-state index contributed by atoms with van der Waals surface area (Å²) in [7, 11) is -3.79. The molecule has 1 amide bonds. The van der Waals surface area contributed by atoms with Gasteiger partial charge in [0.05, 0.1) is 17.0 Å². The molecule has 0 saturated heterocycles. The predicted molar refractivity (Wildman–Crippen MR) is 112 cm³/mol. The van der Waals surface area contributed by atoms with Crippen molar-refractivity contribution in [3.8, 4) is 0 Å². The Morgan fingerprint density at radius 2 is 1.81 bits per heavy atom. The highest BCUT2D eigenvalue weighted by Gasteiger charge is 2.33. The monoisotopic (exact) mass is 428 g/mol. The number of aryl methyl sites for hydroxylation is 2. The van der Waals surface area contributed by atoms with Crippen LogP contribution in [0.5, 0.6) is 0 Å². The number of nitrogens with zero attached hydrogens (tertiary/aromatic N) is 1. The second kappa shape index (κ2) is 8.50. The molecule has 8 heteroatoms. The van der Waals surface area contributed by atoms with E-state index in [0.717, 1.165) is 21.7 Å². The third-order valence-corrected chi connectivity index (χ3v) is 5.85. The molecule has 0 aliphatic carbocycles. The summed E-state index contributed by atoms with van der Waals surface area (Å²) in [5.41, 5.74) is 2.69. The van der Waals surface area contributed by atoms with Gasteiger partial charge in [0.1, 0.15) is 6.04 Å². The average Bonchev–Trinajstić information content (AvgIpc) is 2.57. The van der Waals surface area contributed by atoms with Crippen molar-refractivity contribution in [2.24, 2.45) is 0 Å². The first kappa shape index (κ1) is 21.5. The summed E-state index contributed by atoms with van der Waals surface area (Å²) in [6, 6.07) is 9.22. The number of sulfonamides is 1. The third kappa shape index (κ3) is 5.15. The smallest absolute Gasteiger partial charge is 0.248 e. The van der Waals surface area contributed by atoms with Crippen molar-refractivity contribution >= 4 is 50.5 Å². The Labute approximate surface area is 170 Å². The lowest BCUT2D eigenvalue weighted by Gasteiger charge is -2.31. The number of hydrogen-bond donors (Lipinski definition) is 1. The van der Waals surface area contributed by atoms with Crippen LogP contribution in [0.1, 0.15) is 24.5 Å². The maximum absolute atomic E-state index is 13.0. The summed E-state index contributed by atoms with van der Waals surface area (Å²) >= 11 is 12.2. The van der Waals surface area contributed by atoms with E-state index in [9.17, 15) is 13.2 Å². The third-order valence-electron chi connectivity index (χ3n) is 4.13. The van der Waals surface area contributed by atoms with E-state index in [0.29, 0.717) is 10.7 Å². The molecule has 0 aliphatic rings. The molecule has 0 radical (unpaired) electrons. The molecule has 2 aromatic rings. The van der Waals surface area contributed by atoms with Crippen LogP contribution in [-0.2, 0) is 14.8 Å². The average molecular weight is 429 g/mol. The van der Waals surface area contributed by atoms with E-state index in [1.165, 1.54) is 12.1 Å². The maximum Gasteiger partial charge on any atom is 0.248 e. The Kier molecular flexibility index (Phi) is 6.78. The van der Waals surface area contributed by atoms with Gasteiger partial charge >= 0.3 is 0 Å². The molecule has 0 bridgehead atoms. The Hall–Kier alpha value is -1.76. The van der Waals surface area contributed by atoms with E-state index >= 15 is 0 Å². The molecule has 0 heterocycles. The number of hydrogen-bond acceptors (Lipinski definition) is 3. The molecule has 1 atom stereocenters. The Bertz CT molecular complexity index is 961. The van der Waals surface area contributed by atoms with E-state index < -0.39 is 22.0 Å². The zero-order valence-electron chi connectivity index (χ0n) is 15.6. The molecule has 2 rings (SSSR count). The van der Waals surface area contributed by atoms with E-state index in [1.807, 2.05) is 32.0 Å². The number of anilines is 2. The van der Waals surface area contributed by atoms with E-state index in [-0.39, 0.29) is 17.1 Å². The van der Waals surface area contributed by atoms with Crippen molar-refractivity contribution in [3.05, 3.63) is 57.6 Å². The van der Waals surface area contributed by atoms with Gasteiger partial charge in [0, 0.05) is 10.7 Å². The quantitative estimate of drug-likeness (QED) is 0.718. The zero-order valence-corrected chi connectivity index (χ0v) is 17.9. The van der Waals surface area contributed by atoms with Crippen LogP contribution in [-0.4, -0.2) is 26.6 Å². The van der Waals surface area contributed by atoms with Crippen molar-refractivity contribution in [1.29, 1.82) is 0 Å². The topological polar surface area (TPSA) is 66.5 Å². The second-order valence-electron chi connectivity index (χ2n) is 6.39. The number of nitrogens with one attached hydrogen (secondary N) is 1. The van der Waals surface area contributed by atoms with Gasteiger partial charge in [0.2, 0.25) is 15.9 Å². The number of halogens is 2. The molecule has 0 saturated carbocycles. The first-order valence-electron chi connectivity index (χ1n) is 8.37. The van der Waals surface area contributed by atoms with Crippen molar-refractivity contribution < 1.29 is 13.2 Å². The first-order chi connectivity index (χ1) is 12.5. The molecule has 27 heavy (non-hydrogen) atoms. The van der Waals surface area contributed by atoms with Crippen molar-refractivity contribution in [1.82, 2.24) is 0 Å². The lowest BCUT2D eigenvalue weighted by atomic mass is 10.1. The summed E-state index contributed by atoms with van der Waals surface area (Å²) in [5.74, 6) is -0.437. The highest BCUT2D eigenvalue weighted by atomic mass is 35.5. The molecule has 0 aliphatic heterocycles. The summed E-state index contributed by atoms with van der Waals surface area (Å²) < 4.78 is 26.1. The van der Waals surface area contributed by atoms with E-state index in [2.05, 4.69) is 5.32 Å². The number of amides is 1. The maximum atomic E-state index is 13.0. The van der Waals surface area contributed by atoms with Gasteiger partial charge in [0.25, 0.3) is 0 Å². The van der Waals surface area contributed by atoms with Crippen molar-refractivity contribution in [2.45, 2.75) is 33.2 Å². The largest absolute Gasteiger partial charge is 0.324 e. The molecule has 2 aromatic carbocycles. The molecule has 5 nitrogen and oxygen atoms in total. The van der Waals surface area contributed by atoms with Crippen LogP contribution in [0.2, 0.25) is 10.0 Å². The summed E-state index contributed by atoms with van der Waals surface area (Å²) in [6.45, 7) is 5.53. The van der Waals surface area contributed by atoms with Crippen LogP contribution < -0.4 is 9.62 Å². The number of rotatable bonds is 6. The number of carbonyl (C=O) groups is 1. The van der Waals surface area contributed by atoms with E-state index in [1.54, 1.807) is 13.0 Å². The zero-order chi connectivity index (χ0) is 20.4. The summed E-state index contributed by atoms with van der Waals surface area (Å²) in [4.78, 5) is 13.0. The summed E-state index contributed by atoms with van der Waals surface area (Å²) in [6.07, 6.45) is 1.30. The van der Waals surface area contributed by atoms with Crippen LogP contribution in [0.15, 0.2) is 36.4 Å². The highest BCUT2D eigenvalue weighted by molar-refractivity contribution is 7.92. The normalized spacial score (nSPS) is 12.5. The molecule has 0 fully saturated rings. The minimum absolute atomic E-state index is 0.176. The second-order valence-corrected chi connectivity index (χ2v) is 9.09. The Morgan fingerprint density at radius 3 is 2.41 bits per heavy atom. The van der Waals surface area contributed by atoms with Gasteiger partial charge < -0.3 is 5.32 Å². The predicted octanol–water partition coefficient (Wildman–Crippen LogP) is 4.79. The molecule has 146 valence electrons. The minimum Gasteiger partial charge on any atom is -0.324 e. The van der Waals surface area contributed by atoms with Gasteiger partial charge in [-0.05, 0) is 55.7 Å². The fourth-order valence-electron chi connectivity index (χ4n) is 2.78. The first-order valence-corrected chi connectivity index (χ1v) is 11.0. The Morgan fingerprint density at radius 1 is 1.15 bits per heavy atom. The van der Waals surface area contributed by atoms with Gasteiger partial charge in [-0.15, -0.1) is 0 Å². The standard InChI is InChI=1S/C19H22Cl2N2O3S/c1-5-17(19(24)22-16-10-12(2)6-7-13(16)3)23(27(4,25)26)18-11-14(20)8-9-15(18)21/h6-11,17H,5H2,1-4H3,(H,22,24)/t17-/m0/s1. The fraction of sp³-hybridized carbons (Fsp3) is 0.316. The SMILES string of the molecule is CC[C@@H](C(=O)Nc1cc(C)ccc1C)N(c1cc(Cl)ccc1Cl)S(C)(=O)=O. The van der Waals surface area contributed by atoms with Crippen LogP contribution >= 0.6 is 23.2 Å². The highest BCUT2D eigenvalue weighted by Crippen LogP contribution is 2.33. The number of benzene rings is 2. The van der Waals surface area contributed by atoms with Crippen LogP contribution in [0.4, 0.5) is 11.4 Å². The lowest BCUT2D eigenvalue weighted by Crippen LogP contribution is -2.47. The molecular formula is C19H22Cl2N2O3S. The van der Waals surface area contributed by atoms with Gasteiger partial charge in [0.15, 0.2) is 0 Å². The molecule has 0 unspecified atom stereocenters. The molecule has 0 aromatic heterocycles. The van der Waals surface area contributed by atoms with Gasteiger partial charge in [-0.3, -0.25) is 9.10 Å². The van der Waals surface area contributed by atoms with Crippen LogP contribution in [0.3, 0.4) is 0 Å². The van der Waals surface area contributed by atoms with Gasteiger partial charge in [-0.1, -0.05) is 42.3 Å². The van der Waals surface area contributed by atoms with Crippen LogP contribution in [0.25, 0.3) is 0 Å². The lowest BCUT2D eigenvalue weighted by molar-refractivity contribution is -0.117. The molecule has 0 spiro atoms. The number of carbonyl (C=O) groups excluding carboxylic acids is 1. The fourth-order valence-corrected chi connectivity index (χ4v) is 4.42. The Balaban J connectivity index is 2.48. The van der Waals surface area contributed by atoms with Gasteiger partial charge in [-0.2, -0.15) is 0 Å². The summed E-state index contributed by atoms with van der Waals surface area (Å²) in [5, 5.41) is 3.36. The molecular weight excluding hydrogens is 407 g/mol. The van der Waals surface area contributed by atoms with Gasteiger partial charge in [-0.25, -0.2) is 8.42 Å². The minimum atomic E-state index is -3.79. The molecule has 1 N–H and O–H groups in total.